The lowest BCUT2D eigenvalue weighted by molar-refractivity contribution is 0.217. The molecule has 0 bridgehead atoms. The van der Waals surface area contributed by atoms with Crippen molar-refractivity contribution in [2.75, 3.05) is 24.2 Å². The first kappa shape index (κ1) is 16.2. The van der Waals surface area contributed by atoms with Gasteiger partial charge < -0.3 is 4.74 Å². The Balaban J connectivity index is 2.97. The minimum Gasteiger partial charge on any atom is -0.384 e. The molecule has 1 N–H and O–H groups in total. The van der Waals surface area contributed by atoms with Crippen LogP contribution in [0, 0.1) is 5.82 Å². The highest BCUT2D eigenvalue weighted by Gasteiger charge is 2.17. The Hall–Kier alpha value is -0.900. The van der Waals surface area contributed by atoms with Gasteiger partial charge in [-0.05, 0) is 18.2 Å². The molecule has 0 saturated carbocycles. The Morgan fingerprint density at radius 3 is 2.42 bits per heavy atom. The zero-order valence-electron chi connectivity index (χ0n) is 9.76. The van der Waals surface area contributed by atoms with Crippen molar-refractivity contribution in [1.82, 2.24) is 0 Å². The molecule has 0 aromatic heterocycles. The summed E-state index contributed by atoms with van der Waals surface area (Å²) in [6.07, 6.45) is 0. The molecule has 0 spiro atoms. The molecule has 0 fully saturated rings. The highest BCUT2D eigenvalue weighted by molar-refractivity contribution is 8.13. The van der Waals surface area contributed by atoms with Crippen molar-refractivity contribution in [1.29, 1.82) is 0 Å². The molecule has 10 heteroatoms. The van der Waals surface area contributed by atoms with Crippen molar-refractivity contribution in [3.63, 3.8) is 0 Å². The van der Waals surface area contributed by atoms with Crippen LogP contribution in [-0.2, 0) is 23.8 Å². The molecule has 0 aliphatic carbocycles. The van der Waals surface area contributed by atoms with Crippen LogP contribution in [0.4, 0.5) is 10.1 Å². The average Bonchev–Trinajstić information content (AvgIpc) is 2.24. The number of benzene rings is 1. The van der Waals surface area contributed by atoms with Crippen molar-refractivity contribution in [3.05, 3.63) is 24.0 Å². The molecular weight excluding hydrogens is 321 g/mol. The van der Waals surface area contributed by atoms with E-state index in [2.05, 4.69) is 9.46 Å². The Kier molecular flexibility index (Phi) is 5.13. The number of hydrogen-bond donors (Lipinski definition) is 1. The lowest BCUT2D eigenvalue weighted by Gasteiger charge is -2.08. The van der Waals surface area contributed by atoms with Crippen molar-refractivity contribution in [2.24, 2.45) is 0 Å². The highest BCUT2D eigenvalue weighted by Crippen LogP contribution is 2.22. The summed E-state index contributed by atoms with van der Waals surface area (Å²) < 4.78 is 65.1. The van der Waals surface area contributed by atoms with Gasteiger partial charge in [-0.15, -0.1) is 0 Å². The van der Waals surface area contributed by atoms with Crippen LogP contribution in [0.15, 0.2) is 23.1 Å². The topological polar surface area (TPSA) is 89.5 Å². The molecular formula is C9H11ClFNO5S2. The maximum absolute atomic E-state index is 13.5. The SMILES string of the molecule is COCCS(=O)(=O)Nc1ccc(S(=O)(=O)Cl)c(F)c1. The molecule has 1 rings (SSSR count). The van der Waals surface area contributed by atoms with E-state index in [-0.39, 0.29) is 18.0 Å². The fourth-order valence-corrected chi connectivity index (χ4v) is 3.06. The Labute approximate surface area is 115 Å². The molecule has 0 heterocycles. The summed E-state index contributed by atoms with van der Waals surface area (Å²) in [5.41, 5.74) is -0.0994. The maximum Gasteiger partial charge on any atom is 0.264 e. The second-order valence-electron chi connectivity index (χ2n) is 3.50. The Bertz CT molecular complexity index is 659. The van der Waals surface area contributed by atoms with Crippen LogP contribution in [0.1, 0.15) is 0 Å². The smallest absolute Gasteiger partial charge is 0.264 e. The molecule has 1 aromatic rings. The number of ether oxygens (including phenoxy) is 1. The summed E-state index contributed by atoms with van der Waals surface area (Å²) in [6.45, 7) is -0.0219. The number of sulfonamides is 1. The summed E-state index contributed by atoms with van der Waals surface area (Å²) in [6, 6.07) is 2.72. The molecule has 0 amide bonds. The standard InChI is InChI=1S/C9H11ClFNO5S2/c1-17-4-5-18(13,14)12-7-2-3-9(8(11)6-7)19(10,15)16/h2-3,6,12H,4-5H2,1H3. The quantitative estimate of drug-likeness (QED) is 0.789. The molecule has 108 valence electrons. The first-order chi connectivity index (χ1) is 8.65. The second kappa shape index (κ2) is 6.04. The number of hydrogen-bond acceptors (Lipinski definition) is 5. The lowest BCUT2D eigenvalue weighted by atomic mass is 10.3. The van der Waals surface area contributed by atoms with Gasteiger partial charge in [-0.3, -0.25) is 4.72 Å². The van der Waals surface area contributed by atoms with Gasteiger partial charge in [0.25, 0.3) is 9.05 Å². The van der Waals surface area contributed by atoms with E-state index in [9.17, 15) is 21.2 Å². The number of rotatable bonds is 6. The largest absolute Gasteiger partial charge is 0.384 e. The van der Waals surface area contributed by atoms with Crippen molar-refractivity contribution < 1.29 is 26.0 Å². The number of anilines is 1. The minimum atomic E-state index is -4.21. The molecule has 0 aliphatic rings. The summed E-state index contributed by atoms with van der Waals surface area (Å²) in [5.74, 6) is -1.44. The highest BCUT2D eigenvalue weighted by atomic mass is 35.7. The van der Waals surface area contributed by atoms with Crippen molar-refractivity contribution in [2.45, 2.75) is 4.90 Å². The zero-order valence-corrected chi connectivity index (χ0v) is 12.1. The molecule has 1 aromatic carbocycles. The van der Waals surface area contributed by atoms with Crippen LogP contribution < -0.4 is 4.72 Å². The summed E-state index contributed by atoms with van der Waals surface area (Å²) in [5, 5.41) is 0. The predicted molar refractivity (Wildman–Crippen MR) is 68.7 cm³/mol. The summed E-state index contributed by atoms with van der Waals surface area (Å²) in [4.78, 5) is -0.714. The van der Waals surface area contributed by atoms with E-state index in [1.807, 2.05) is 0 Å². The maximum atomic E-state index is 13.5. The van der Waals surface area contributed by atoms with Crippen LogP contribution in [0.3, 0.4) is 0 Å². The monoisotopic (exact) mass is 331 g/mol. The van der Waals surface area contributed by atoms with Gasteiger partial charge in [-0.2, -0.15) is 0 Å². The van der Waals surface area contributed by atoms with E-state index in [0.29, 0.717) is 0 Å². The van der Waals surface area contributed by atoms with Gasteiger partial charge >= 0.3 is 0 Å². The average molecular weight is 332 g/mol. The van der Waals surface area contributed by atoms with E-state index in [1.54, 1.807) is 0 Å². The number of halogens is 2. The van der Waals surface area contributed by atoms with E-state index >= 15 is 0 Å². The molecule has 0 atom stereocenters. The lowest BCUT2D eigenvalue weighted by Crippen LogP contribution is -2.19. The Morgan fingerprint density at radius 2 is 1.95 bits per heavy atom. The van der Waals surface area contributed by atoms with Gasteiger partial charge in [0.15, 0.2) is 0 Å². The van der Waals surface area contributed by atoms with Crippen LogP contribution in [0.5, 0.6) is 0 Å². The van der Waals surface area contributed by atoms with Crippen molar-refractivity contribution >= 4 is 35.4 Å². The fraction of sp³-hybridized carbons (Fsp3) is 0.333. The normalized spacial score (nSPS) is 12.4. The third-order valence-corrected chi connectivity index (χ3v) is 4.63. The third-order valence-electron chi connectivity index (χ3n) is 2.02. The summed E-state index contributed by atoms with van der Waals surface area (Å²) in [7, 11) is -1.56. The third kappa shape index (κ3) is 4.94. The van der Waals surface area contributed by atoms with Gasteiger partial charge in [-0.1, -0.05) is 0 Å². The van der Waals surface area contributed by atoms with Gasteiger partial charge in [0.1, 0.15) is 10.7 Å². The van der Waals surface area contributed by atoms with Gasteiger partial charge in [-0.25, -0.2) is 21.2 Å². The van der Waals surface area contributed by atoms with Gasteiger partial charge in [0, 0.05) is 17.8 Å². The predicted octanol–water partition coefficient (Wildman–Crippen LogP) is 1.14. The molecule has 6 nitrogen and oxygen atoms in total. The van der Waals surface area contributed by atoms with E-state index < -0.39 is 29.8 Å². The first-order valence-electron chi connectivity index (χ1n) is 4.89. The fourth-order valence-electron chi connectivity index (χ4n) is 1.19. The second-order valence-corrected chi connectivity index (χ2v) is 7.87. The molecule has 0 radical (unpaired) electrons. The van der Waals surface area contributed by atoms with Crippen LogP contribution in [0.2, 0.25) is 0 Å². The number of nitrogens with one attached hydrogen (secondary N) is 1. The Morgan fingerprint density at radius 1 is 1.32 bits per heavy atom. The van der Waals surface area contributed by atoms with E-state index in [4.69, 9.17) is 10.7 Å². The first-order valence-corrected chi connectivity index (χ1v) is 8.85. The van der Waals surface area contributed by atoms with Gasteiger partial charge in [0.2, 0.25) is 10.0 Å². The van der Waals surface area contributed by atoms with E-state index in [1.165, 1.54) is 7.11 Å². The minimum absolute atomic E-state index is 0.0219. The zero-order chi connectivity index (χ0) is 14.7. The van der Waals surface area contributed by atoms with Crippen molar-refractivity contribution in [3.8, 4) is 0 Å². The number of methoxy groups -OCH3 is 1. The molecule has 0 unspecified atom stereocenters. The van der Waals surface area contributed by atoms with Crippen LogP contribution in [0.25, 0.3) is 0 Å². The molecule has 0 aliphatic heterocycles. The van der Waals surface area contributed by atoms with E-state index in [0.717, 1.165) is 18.2 Å². The van der Waals surface area contributed by atoms with Crippen LogP contribution >= 0.6 is 10.7 Å². The molecule has 19 heavy (non-hydrogen) atoms. The van der Waals surface area contributed by atoms with Gasteiger partial charge in [0.05, 0.1) is 18.0 Å². The van der Waals surface area contributed by atoms with Crippen LogP contribution in [-0.4, -0.2) is 36.3 Å². The molecule has 0 saturated heterocycles. The summed E-state index contributed by atoms with van der Waals surface area (Å²) >= 11 is 0.